The number of hydrogen-bond donors (Lipinski definition) is 0. The second-order valence-corrected chi connectivity index (χ2v) is 5.78. The molecule has 1 saturated heterocycles. The van der Waals surface area contributed by atoms with E-state index in [-0.39, 0.29) is 18.0 Å². The van der Waals surface area contributed by atoms with Crippen molar-refractivity contribution in [1.82, 2.24) is 0 Å². The fourth-order valence-corrected chi connectivity index (χ4v) is 1.66. The lowest BCUT2D eigenvalue weighted by Gasteiger charge is -2.22. The van der Waals surface area contributed by atoms with Crippen molar-refractivity contribution in [2.24, 2.45) is 5.41 Å². The Morgan fingerprint density at radius 1 is 1.57 bits per heavy atom. The molecule has 14 heavy (non-hydrogen) atoms. The fourth-order valence-electron chi connectivity index (χ4n) is 1.29. The Morgan fingerprint density at radius 2 is 2.14 bits per heavy atom. The summed E-state index contributed by atoms with van der Waals surface area (Å²) in [5, 5.41) is 0. The van der Waals surface area contributed by atoms with Gasteiger partial charge in [-0.1, -0.05) is 13.8 Å². The molecular weight excluding hydrogens is 208 g/mol. The molecular formula is C8H14O5S. The summed E-state index contributed by atoms with van der Waals surface area (Å²) < 4.78 is 31.0. The molecule has 0 amide bonds. The van der Waals surface area contributed by atoms with Gasteiger partial charge in [-0.05, 0) is 0 Å². The van der Waals surface area contributed by atoms with E-state index >= 15 is 0 Å². The van der Waals surface area contributed by atoms with E-state index in [1.54, 1.807) is 0 Å². The summed E-state index contributed by atoms with van der Waals surface area (Å²) in [5.41, 5.74) is -0.359. The molecule has 82 valence electrons. The number of ether oxygens (including phenoxy) is 1. The smallest absolute Gasteiger partial charge is 0.306 e. The summed E-state index contributed by atoms with van der Waals surface area (Å²) in [6.07, 6.45) is 0.784. The average molecular weight is 222 g/mol. The molecule has 0 saturated carbocycles. The molecule has 5 nitrogen and oxygen atoms in total. The molecule has 0 N–H and O–H groups in total. The molecule has 0 aliphatic carbocycles. The highest BCUT2D eigenvalue weighted by Crippen LogP contribution is 2.34. The lowest BCUT2D eigenvalue weighted by atomic mass is 9.86. The maximum absolute atomic E-state index is 11.0. The van der Waals surface area contributed by atoms with Crippen LogP contribution in [0.5, 0.6) is 0 Å². The van der Waals surface area contributed by atoms with Gasteiger partial charge in [-0.25, -0.2) is 0 Å². The Labute approximate surface area is 83.5 Å². The lowest BCUT2D eigenvalue weighted by Crippen LogP contribution is -2.30. The van der Waals surface area contributed by atoms with Crippen molar-refractivity contribution in [3.63, 3.8) is 0 Å². The third-order valence-corrected chi connectivity index (χ3v) is 2.74. The van der Waals surface area contributed by atoms with Gasteiger partial charge in [-0.2, -0.15) is 8.42 Å². The van der Waals surface area contributed by atoms with Crippen LogP contribution in [0.15, 0.2) is 0 Å². The highest BCUT2D eigenvalue weighted by Gasteiger charge is 2.42. The molecule has 1 aliphatic rings. The summed E-state index contributed by atoms with van der Waals surface area (Å²) in [7, 11) is -3.47. The van der Waals surface area contributed by atoms with Crippen LogP contribution in [-0.2, 0) is 23.8 Å². The molecule has 0 aromatic carbocycles. The van der Waals surface area contributed by atoms with E-state index in [1.807, 2.05) is 13.8 Å². The molecule has 0 aromatic heterocycles. The Balaban J connectivity index is 2.58. The Bertz CT molecular complexity index is 330. The predicted molar refractivity (Wildman–Crippen MR) is 49.1 cm³/mol. The Morgan fingerprint density at radius 3 is 2.50 bits per heavy atom. The first-order valence-electron chi connectivity index (χ1n) is 4.24. The van der Waals surface area contributed by atoms with Gasteiger partial charge in [-0.3, -0.25) is 8.98 Å². The Kier molecular flexibility index (Phi) is 2.87. The zero-order valence-electron chi connectivity index (χ0n) is 8.44. The van der Waals surface area contributed by atoms with E-state index in [0.29, 0.717) is 6.42 Å². The van der Waals surface area contributed by atoms with Crippen LogP contribution in [0.3, 0.4) is 0 Å². The van der Waals surface area contributed by atoms with Crippen molar-refractivity contribution in [1.29, 1.82) is 0 Å². The van der Waals surface area contributed by atoms with Crippen molar-refractivity contribution in [3.05, 3.63) is 0 Å². The number of esters is 1. The topological polar surface area (TPSA) is 69.7 Å². The SMILES string of the molecule is CC1(C)CC(=O)OC1COS(C)(=O)=O. The minimum atomic E-state index is -3.47. The molecule has 0 aromatic rings. The maximum Gasteiger partial charge on any atom is 0.306 e. The second-order valence-electron chi connectivity index (χ2n) is 4.13. The van der Waals surface area contributed by atoms with Crippen LogP contribution in [0.25, 0.3) is 0 Å². The van der Waals surface area contributed by atoms with E-state index in [1.165, 1.54) is 0 Å². The average Bonchev–Trinajstić information content (AvgIpc) is 2.18. The Hall–Kier alpha value is -0.620. The van der Waals surface area contributed by atoms with Crippen LogP contribution >= 0.6 is 0 Å². The third kappa shape index (κ3) is 2.95. The van der Waals surface area contributed by atoms with Gasteiger partial charge in [-0.15, -0.1) is 0 Å². The van der Waals surface area contributed by atoms with E-state index in [2.05, 4.69) is 4.18 Å². The largest absolute Gasteiger partial charge is 0.459 e. The van der Waals surface area contributed by atoms with Gasteiger partial charge >= 0.3 is 5.97 Å². The zero-order valence-corrected chi connectivity index (χ0v) is 9.26. The monoisotopic (exact) mass is 222 g/mol. The normalized spacial score (nSPS) is 26.2. The summed E-state index contributed by atoms with van der Waals surface area (Å²) >= 11 is 0. The van der Waals surface area contributed by atoms with Gasteiger partial charge in [0, 0.05) is 5.41 Å². The number of cyclic esters (lactones) is 1. The highest BCUT2D eigenvalue weighted by atomic mass is 32.2. The quantitative estimate of drug-likeness (QED) is 0.507. The highest BCUT2D eigenvalue weighted by molar-refractivity contribution is 7.85. The molecule has 1 heterocycles. The van der Waals surface area contributed by atoms with E-state index in [4.69, 9.17) is 4.74 Å². The molecule has 0 bridgehead atoms. The van der Waals surface area contributed by atoms with Crippen molar-refractivity contribution < 1.29 is 22.1 Å². The number of carbonyl (C=O) groups is 1. The van der Waals surface area contributed by atoms with Gasteiger partial charge in [0.1, 0.15) is 12.7 Å². The first-order valence-corrected chi connectivity index (χ1v) is 6.06. The van der Waals surface area contributed by atoms with Crippen molar-refractivity contribution in [3.8, 4) is 0 Å². The molecule has 6 heteroatoms. The molecule has 0 radical (unpaired) electrons. The maximum atomic E-state index is 11.0. The van der Waals surface area contributed by atoms with Crippen molar-refractivity contribution in [2.75, 3.05) is 12.9 Å². The predicted octanol–water partition coefficient (Wildman–Crippen LogP) is 0.304. The molecule has 1 rings (SSSR count). The fraction of sp³-hybridized carbons (Fsp3) is 0.875. The first-order chi connectivity index (χ1) is 6.21. The lowest BCUT2D eigenvalue weighted by molar-refractivity contribution is -0.142. The minimum absolute atomic E-state index is 0.0996. The summed E-state index contributed by atoms with van der Waals surface area (Å²) in [6, 6.07) is 0. The molecule has 1 atom stereocenters. The van der Waals surface area contributed by atoms with Gasteiger partial charge in [0.2, 0.25) is 0 Å². The third-order valence-electron chi connectivity index (χ3n) is 2.18. The number of hydrogen-bond acceptors (Lipinski definition) is 5. The van der Waals surface area contributed by atoms with Crippen LogP contribution in [0, 0.1) is 5.41 Å². The van der Waals surface area contributed by atoms with Crippen molar-refractivity contribution in [2.45, 2.75) is 26.4 Å². The van der Waals surface area contributed by atoms with Gasteiger partial charge in [0.25, 0.3) is 10.1 Å². The first kappa shape index (κ1) is 11.5. The molecule has 0 spiro atoms. The number of rotatable bonds is 3. The van der Waals surface area contributed by atoms with Crippen LogP contribution in [0.1, 0.15) is 20.3 Å². The number of carbonyl (C=O) groups excluding carboxylic acids is 1. The van der Waals surface area contributed by atoms with Gasteiger partial charge < -0.3 is 4.74 Å². The van der Waals surface area contributed by atoms with Gasteiger partial charge in [0.15, 0.2) is 0 Å². The minimum Gasteiger partial charge on any atom is -0.459 e. The summed E-state index contributed by atoms with van der Waals surface area (Å²) in [4.78, 5) is 11.0. The summed E-state index contributed by atoms with van der Waals surface area (Å²) in [5.74, 6) is -0.308. The van der Waals surface area contributed by atoms with Crippen molar-refractivity contribution >= 4 is 16.1 Å². The van der Waals surface area contributed by atoms with Gasteiger partial charge in [0.05, 0.1) is 12.7 Å². The van der Waals surface area contributed by atoms with E-state index in [9.17, 15) is 13.2 Å². The van der Waals surface area contributed by atoms with Crippen LogP contribution in [0.4, 0.5) is 0 Å². The zero-order chi connectivity index (χ0) is 11.0. The standard InChI is InChI=1S/C8H14O5S/c1-8(2)4-7(9)13-6(8)5-12-14(3,10)11/h6H,4-5H2,1-3H3. The van der Waals surface area contributed by atoms with Crippen LogP contribution in [-0.4, -0.2) is 33.4 Å². The molecule has 1 fully saturated rings. The summed E-state index contributed by atoms with van der Waals surface area (Å²) in [6.45, 7) is 3.58. The molecule has 1 aliphatic heterocycles. The molecule has 1 unspecified atom stereocenters. The van der Waals surface area contributed by atoms with Crippen LogP contribution < -0.4 is 0 Å². The van der Waals surface area contributed by atoms with E-state index < -0.39 is 16.2 Å². The van der Waals surface area contributed by atoms with E-state index in [0.717, 1.165) is 6.26 Å². The van der Waals surface area contributed by atoms with Crippen LogP contribution in [0.2, 0.25) is 0 Å². The second kappa shape index (κ2) is 3.51.